The number of H-pyrrole nitrogens is 2. The zero-order chi connectivity index (χ0) is 26.2. The second-order valence-electron chi connectivity index (χ2n) is 9.20. The summed E-state index contributed by atoms with van der Waals surface area (Å²) in [4.78, 5) is 21.5. The summed E-state index contributed by atoms with van der Waals surface area (Å²) < 4.78 is 0. The molecule has 0 radical (unpaired) electrons. The predicted octanol–water partition coefficient (Wildman–Crippen LogP) is 8.12. The first-order valence-corrected chi connectivity index (χ1v) is 13.3. The average molecular weight is 492 g/mol. The first kappa shape index (κ1) is 26.2. The molecule has 0 spiro atoms. The molecule has 0 amide bonds. The summed E-state index contributed by atoms with van der Waals surface area (Å²) in [5.41, 5.74) is 8.22. The van der Waals surface area contributed by atoms with Crippen molar-refractivity contribution in [1.82, 2.24) is 14.9 Å². The third-order valence-electron chi connectivity index (χ3n) is 6.58. The monoisotopic (exact) mass is 491 g/mol. The van der Waals surface area contributed by atoms with E-state index in [2.05, 4.69) is 95.6 Å². The van der Waals surface area contributed by atoms with E-state index in [0.717, 1.165) is 40.8 Å². The van der Waals surface area contributed by atoms with Crippen molar-refractivity contribution in [3.63, 3.8) is 0 Å². The Kier molecular flexibility index (Phi) is 8.76. The Morgan fingerprint density at radius 1 is 0.811 bits per heavy atom. The fourth-order valence-corrected chi connectivity index (χ4v) is 4.74. The van der Waals surface area contributed by atoms with E-state index in [0.29, 0.717) is 5.56 Å². The van der Waals surface area contributed by atoms with Gasteiger partial charge < -0.3 is 14.9 Å². The van der Waals surface area contributed by atoms with E-state index in [1.165, 1.54) is 29.5 Å². The highest BCUT2D eigenvalue weighted by Gasteiger charge is 2.18. The second-order valence-corrected chi connectivity index (χ2v) is 9.20. The molecule has 0 bridgehead atoms. The van der Waals surface area contributed by atoms with E-state index in [1.54, 1.807) is 6.20 Å². The minimum absolute atomic E-state index is 0.0965. The molecule has 0 atom stereocenters. The van der Waals surface area contributed by atoms with Gasteiger partial charge in [-0.25, -0.2) is 0 Å². The maximum absolute atomic E-state index is 12.7. The number of pyridine rings is 1. The number of nitrogens with one attached hydrogen (secondary N) is 2. The van der Waals surface area contributed by atoms with Crippen molar-refractivity contribution >= 4 is 10.9 Å². The van der Waals surface area contributed by atoms with Gasteiger partial charge in [0, 0.05) is 29.2 Å². The van der Waals surface area contributed by atoms with Gasteiger partial charge in [0.15, 0.2) is 0 Å². The molecule has 4 heteroatoms. The Morgan fingerprint density at radius 2 is 1.51 bits per heavy atom. The molecular formula is C33H37N3O. The Hall–Kier alpha value is -3.89. The van der Waals surface area contributed by atoms with Crippen molar-refractivity contribution in [1.29, 1.82) is 0 Å². The molecule has 5 rings (SSSR count). The fraction of sp³-hybridized carbons (Fsp3) is 0.242. The second kappa shape index (κ2) is 12.4. The molecule has 0 aliphatic carbocycles. The summed E-state index contributed by atoms with van der Waals surface area (Å²) in [6.45, 7) is 8.21. The predicted molar refractivity (Wildman–Crippen MR) is 158 cm³/mol. The number of unbranched alkanes of at least 4 members (excludes halogenated alkanes) is 1. The first-order valence-electron chi connectivity index (χ1n) is 13.3. The average Bonchev–Trinajstić information content (AvgIpc) is 3.32. The van der Waals surface area contributed by atoms with Crippen LogP contribution in [0, 0.1) is 0 Å². The molecule has 190 valence electrons. The molecule has 0 saturated heterocycles. The number of hydrogen-bond donors (Lipinski definition) is 2. The van der Waals surface area contributed by atoms with Gasteiger partial charge in [-0.15, -0.1) is 0 Å². The lowest BCUT2D eigenvalue weighted by Gasteiger charge is -2.16. The molecule has 0 fully saturated rings. The molecular weight excluding hydrogens is 454 g/mol. The molecule has 37 heavy (non-hydrogen) atoms. The summed E-state index contributed by atoms with van der Waals surface area (Å²) in [6, 6.07) is 29.4. The van der Waals surface area contributed by atoms with Crippen LogP contribution in [0.2, 0.25) is 0 Å². The molecule has 0 saturated carbocycles. The van der Waals surface area contributed by atoms with Crippen molar-refractivity contribution in [2.45, 2.75) is 40.2 Å². The van der Waals surface area contributed by atoms with Crippen LogP contribution in [0.5, 0.6) is 0 Å². The van der Waals surface area contributed by atoms with Gasteiger partial charge in [-0.2, -0.15) is 0 Å². The van der Waals surface area contributed by atoms with Crippen molar-refractivity contribution in [2.24, 2.45) is 0 Å². The van der Waals surface area contributed by atoms with Crippen LogP contribution >= 0.6 is 0 Å². The van der Waals surface area contributed by atoms with Crippen LogP contribution in [0.3, 0.4) is 0 Å². The molecule has 0 aliphatic heterocycles. The van der Waals surface area contributed by atoms with Crippen LogP contribution in [-0.2, 0) is 6.54 Å². The van der Waals surface area contributed by atoms with Crippen LogP contribution in [0.1, 0.15) is 39.2 Å². The summed E-state index contributed by atoms with van der Waals surface area (Å²) in [6.07, 6.45) is 4.06. The van der Waals surface area contributed by atoms with Gasteiger partial charge in [0.2, 0.25) is 0 Å². The fourth-order valence-electron chi connectivity index (χ4n) is 4.74. The lowest BCUT2D eigenvalue weighted by Crippen LogP contribution is -2.18. The number of aromatic amines is 2. The topological polar surface area (TPSA) is 51.9 Å². The summed E-state index contributed by atoms with van der Waals surface area (Å²) in [5, 5.41) is 1.14. The molecule has 5 aromatic rings. The smallest absolute Gasteiger partial charge is 0.257 e. The highest BCUT2D eigenvalue weighted by Crippen LogP contribution is 2.38. The van der Waals surface area contributed by atoms with Crippen LogP contribution in [0.4, 0.5) is 0 Å². The van der Waals surface area contributed by atoms with Gasteiger partial charge in [0.05, 0.1) is 11.3 Å². The summed E-state index contributed by atoms with van der Waals surface area (Å²) in [5.74, 6) is 0. The maximum Gasteiger partial charge on any atom is 0.257 e. The Bertz CT molecular complexity index is 1480. The van der Waals surface area contributed by atoms with Crippen LogP contribution < -0.4 is 5.56 Å². The normalized spacial score (nSPS) is 10.9. The minimum Gasteiger partial charge on any atom is -0.354 e. The van der Waals surface area contributed by atoms with Gasteiger partial charge in [-0.05, 0) is 66.5 Å². The van der Waals surface area contributed by atoms with Gasteiger partial charge in [0.25, 0.3) is 5.56 Å². The number of nitrogens with zero attached hydrogens (tertiary/aromatic N) is 1. The number of fused-ring (bicyclic) bond motifs is 1. The zero-order valence-electron chi connectivity index (χ0n) is 22.3. The van der Waals surface area contributed by atoms with Gasteiger partial charge in [0.1, 0.15) is 0 Å². The number of hydrogen-bond acceptors (Lipinski definition) is 2. The lowest BCUT2D eigenvalue weighted by molar-refractivity contribution is 0.321. The highest BCUT2D eigenvalue weighted by molar-refractivity contribution is 6.04. The van der Waals surface area contributed by atoms with E-state index in [1.807, 2.05) is 32.0 Å². The number of benzene rings is 3. The van der Waals surface area contributed by atoms with E-state index < -0.39 is 0 Å². The van der Waals surface area contributed by atoms with Crippen molar-refractivity contribution in [2.75, 3.05) is 13.6 Å². The lowest BCUT2D eigenvalue weighted by atomic mass is 9.96. The Morgan fingerprint density at radius 3 is 2.22 bits per heavy atom. The van der Waals surface area contributed by atoms with E-state index in [9.17, 15) is 4.79 Å². The SMILES string of the molecule is CC.CCCCN(C)Cc1ccc2[nH]c(-c3ccc[nH]c3=O)c(-c3ccc(-c4ccccc4)cc3)c2c1. The minimum atomic E-state index is -0.0965. The Balaban J connectivity index is 0.00000156. The van der Waals surface area contributed by atoms with Crippen LogP contribution in [-0.4, -0.2) is 28.5 Å². The molecule has 2 aromatic heterocycles. The van der Waals surface area contributed by atoms with Gasteiger partial charge in [-0.3, -0.25) is 4.79 Å². The molecule has 3 aromatic carbocycles. The Labute approximate surface area is 220 Å². The third kappa shape index (κ3) is 5.92. The quantitative estimate of drug-likeness (QED) is 0.230. The molecule has 4 nitrogen and oxygen atoms in total. The van der Waals surface area contributed by atoms with E-state index in [4.69, 9.17) is 0 Å². The maximum atomic E-state index is 12.7. The largest absolute Gasteiger partial charge is 0.354 e. The van der Waals surface area contributed by atoms with Crippen molar-refractivity contribution < 1.29 is 0 Å². The van der Waals surface area contributed by atoms with E-state index >= 15 is 0 Å². The van der Waals surface area contributed by atoms with Crippen molar-refractivity contribution in [3.05, 3.63) is 107 Å². The third-order valence-corrected chi connectivity index (χ3v) is 6.58. The number of rotatable bonds is 8. The van der Waals surface area contributed by atoms with E-state index in [-0.39, 0.29) is 5.56 Å². The summed E-state index contributed by atoms with van der Waals surface area (Å²) in [7, 11) is 2.18. The molecule has 0 unspecified atom stereocenters. The number of aromatic nitrogens is 2. The van der Waals surface area contributed by atoms with Crippen LogP contribution in [0.25, 0.3) is 44.4 Å². The molecule has 2 N–H and O–H groups in total. The zero-order valence-corrected chi connectivity index (χ0v) is 22.3. The van der Waals surface area contributed by atoms with Crippen LogP contribution in [0.15, 0.2) is 95.9 Å². The van der Waals surface area contributed by atoms with Gasteiger partial charge >= 0.3 is 0 Å². The highest BCUT2D eigenvalue weighted by atomic mass is 16.1. The first-order chi connectivity index (χ1) is 18.1. The molecule has 2 heterocycles. The van der Waals surface area contributed by atoms with Gasteiger partial charge in [-0.1, -0.05) is 87.9 Å². The standard InChI is InChI=1S/C31H31N3O.C2H6/c1-3-4-19-34(2)21-22-12-17-28-27(20-22)29(30(33-28)26-11-8-18-32-31(26)35)25-15-13-24(14-16-25)23-9-6-5-7-10-23;1-2/h5-18,20,33H,3-4,19,21H2,1-2H3,(H,32,35);1-2H3. The van der Waals surface area contributed by atoms with Crippen molar-refractivity contribution in [3.8, 4) is 33.5 Å². The molecule has 0 aliphatic rings. The summed E-state index contributed by atoms with van der Waals surface area (Å²) >= 11 is 0.